The van der Waals surface area contributed by atoms with Crippen molar-refractivity contribution in [2.75, 3.05) is 13.1 Å². The van der Waals surface area contributed by atoms with Crippen LogP contribution in [0.2, 0.25) is 0 Å². The van der Waals surface area contributed by atoms with Crippen molar-refractivity contribution < 1.29 is 8.91 Å². The van der Waals surface area contributed by atoms with Gasteiger partial charge in [-0.05, 0) is 37.6 Å². The predicted octanol–water partition coefficient (Wildman–Crippen LogP) is 3.11. The lowest BCUT2D eigenvalue weighted by atomic mass is 9.99. The quantitative estimate of drug-likeness (QED) is 0.921. The highest BCUT2D eigenvalue weighted by atomic mass is 79.9. The number of nitrogens with one attached hydrogen (secondary N) is 1. The molecule has 1 saturated heterocycles. The van der Waals surface area contributed by atoms with Gasteiger partial charge in [0, 0.05) is 16.9 Å². The molecule has 0 spiro atoms. The van der Waals surface area contributed by atoms with Crippen molar-refractivity contribution in [1.82, 2.24) is 15.5 Å². The van der Waals surface area contributed by atoms with Crippen LogP contribution in [-0.4, -0.2) is 23.2 Å². The molecule has 1 atom stereocenters. The third-order valence-corrected chi connectivity index (χ3v) is 3.76. The third-order valence-electron chi connectivity index (χ3n) is 3.26. The normalized spacial score (nSPS) is 19.6. The zero-order valence-corrected chi connectivity index (χ0v) is 11.8. The summed E-state index contributed by atoms with van der Waals surface area (Å²) >= 11 is 3.31. The minimum Gasteiger partial charge on any atom is -0.334 e. The Kier molecular flexibility index (Phi) is 3.61. The van der Waals surface area contributed by atoms with Crippen LogP contribution in [0.5, 0.6) is 0 Å². The van der Waals surface area contributed by atoms with Crippen LogP contribution < -0.4 is 5.32 Å². The molecule has 0 amide bonds. The van der Waals surface area contributed by atoms with Crippen LogP contribution in [-0.2, 0) is 0 Å². The number of benzene rings is 1. The van der Waals surface area contributed by atoms with Crippen LogP contribution in [0.1, 0.15) is 24.6 Å². The number of hydrogen-bond donors (Lipinski definition) is 1. The van der Waals surface area contributed by atoms with E-state index in [0.29, 0.717) is 11.4 Å². The molecule has 4 nitrogen and oxygen atoms in total. The number of rotatable bonds is 2. The van der Waals surface area contributed by atoms with E-state index >= 15 is 0 Å². The highest BCUT2D eigenvalue weighted by molar-refractivity contribution is 9.10. The molecule has 1 aromatic carbocycles. The Bertz CT molecular complexity index is 581. The van der Waals surface area contributed by atoms with Crippen molar-refractivity contribution in [2.24, 2.45) is 0 Å². The van der Waals surface area contributed by atoms with Crippen molar-refractivity contribution in [2.45, 2.75) is 18.8 Å². The van der Waals surface area contributed by atoms with Gasteiger partial charge in [0.15, 0.2) is 5.82 Å². The van der Waals surface area contributed by atoms with Gasteiger partial charge in [0.05, 0.1) is 5.56 Å². The van der Waals surface area contributed by atoms with E-state index < -0.39 is 0 Å². The Labute approximate surface area is 118 Å². The smallest absolute Gasteiger partial charge is 0.260 e. The van der Waals surface area contributed by atoms with Gasteiger partial charge >= 0.3 is 0 Å². The Morgan fingerprint density at radius 3 is 3.11 bits per heavy atom. The Morgan fingerprint density at radius 1 is 1.42 bits per heavy atom. The van der Waals surface area contributed by atoms with Gasteiger partial charge in [-0.2, -0.15) is 4.98 Å². The molecule has 1 aromatic heterocycles. The van der Waals surface area contributed by atoms with Gasteiger partial charge in [0.2, 0.25) is 0 Å². The van der Waals surface area contributed by atoms with Crippen LogP contribution in [0.25, 0.3) is 11.5 Å². The summed E-state index contributed by atoms with van der Waals surface area (Å²) in [6.45, 7) is 1.88. The molecule has 100 valence electrons. The molecule has 6 heteroatoms. The average molecular weight is 326 g/mol. The summed E-state index contributed by atoms with van der Waals surface area (Å²) in [6, 6.07) is 4.67. The molecule has 1 N–H and O–H groups in total. The van der Waals surface area contributed by atoms with E-state index in [0.717, 1.165) is 30.4 Å². The summed E-state index contributed by atoms with van der Waals surface area (Å²) in [6.07, 6.45) is 2.13. The van der Waals surface area contributed by atoms with E-state index in [4.69, 9.17) is 4.52 Å². The molecule has 0 bridgehead atoms. The largest absolute Gasteiger partial charge is 0.334 e. The van der Waals surface area contributed by atoms with Crippen molar-refractivity contribution >= 4 is 15.9 Å². The molecule has 1 aliphatic rings. The van der Waals surface area contributed by atoms with Gasteiger partial charge in [-0.3, -0.25) is 0 Å². The maximum absolute atomic E-state index is 13.7. The summed E-state index contributed by atoms with van der Waals surface area (Å²) < 4.78 is 19.7. The zero-order chi connectivity index (χ0) is 13.2. The number of nitrogens with zero attached hydrogens (tertiary/aromatic N) is 2. The molecule has 1 unspecified atom stereocenters. The SMILES string of the molecule is Fc1ccc(Br)cc1-c1nc(C2CCCNC2)no1. The van der Waals surface area contributed by atoms with E-state index in [1.807, 2.05) is 0 Å². The second kappa shape index (κ2) is 5.38. The number of hydrogen-bond acceptors (Lipinski definition) is 4. The van der Waals surface area contributed by atoms with Crippen molar-refractivity contribution in [3.63, 3.8) is 0 Å². The molecule has 2 heterocycles. The molecule has 3 rings (SSSR count). The molecule has 0 aliphatic carbocycles. The summed E-state index contributed by atoms with van der Waals surface area (Å²) in [7, 11) is 0. The van der Waals surface area contributed by atoms with Crippen molar-refractivity contribution in [3.05, 3.63) is 34.3 Å². The van der Waals surface area contributed by atoms with Gasteiger partial charge in [-0.15, -0.1) is 0 Å². The van der Waals surface area contributed by atoms with Crippen LogP contribution in [0.4, 0.5) is 4.39 Å². The Hall–Kier alpha value is -1.27. The molecule has 0 radical (unpaired) electrons. The van der Waals surface area contributed by atoms with E-state index in [1.165, 1.54) is 6.07 Å². The van der Waals surface area contributed by atoms with Crippen LogP contribution in [0.3, 0.4) is 0 Å². The van der Waals surface area contributed by atoms with Crippen LogP contribution in [0.15, 0.2) is 27.2 Å². The first-order valence-corrected chi connectivity index (χ1v) is 7.03. The predicted molar refractivity (Wildman–Crippen MR) is 72.2 cm³/mol. The molecule has 2 aromatic rings. The van der Waals surface area contributed by atoms with Gasteiger partial charge in [-0.25, -0.2) is 4.39 Å². The van der Waals surface area contributed by atoms with E-state index in [-0.39, 0.29) is 17.6 Å². The fraction of sp³-hybridized carbons (Fsp3) is 0.385. The highest BCUT2D eigenvalue weighted by Crippen LogP contribution is 2.27. The Balaban J connectivity index is 1.89. The second-order valence-corrected chi connectivity index (χ2v) is 5.54. The Morgan fingerprint density at radius 2 is 2.32 bits per heavy atom. The highest BCUT2D eigenvalue weighted by Gasteiger charge is 2.22. The molecular formula is C13H13BrFN3O. The zero-order valence-electron chi connectivity index (χ0n) is 10.2. The monoisotopic (exact) mass is 325 g/mol. The average Bonchev–Trinajstić information content (AvgIpc) is 2.92. The van der Waals surface area contributed by atoms with Gasteiger partial charge < -0.3 is 9.84 Å². The lowest BCUT2D eigenvalue weighted by molar-refractivity contribution is 0.392. The first-order valence-electron chi connectivity index (χ1n) is 6.24. The summed E-state index contributed by atoms with van der Waals surface area (Å²) in [5.41, 5.74) is 0.330. The first kappa shape index (κ1) is 12.7. The van der Waals surface area contributed by atoms with E-state index in [2.05, 4.69) is 31.4 Å². The second-order valence-electron chi connectivity index (χ2n) is 4.63. The maximum Gasteiger partial charge on any atom is 0.260 e. The molecule has 0 saturated carbocycles. The number of piperidine rings is 1. The molecule has 1 fully saturated rings. The van der Waals surface area contributed by atoms with Gasteiger partial charge in [-0.1, -0.05) is 21.1 Å². The topological polar surface area (TPSA) is 51.0 Å². The summed E-state index contributed by atoms with van der Waals surface area (Å²) in [5, 5.41) is 7.28. The van der Waals surface area contributed by atoms with Crippen molar-refractivity contribution in [3.8, 4) is 11.5 Å². The minimum atomic E-state index is -0.361. The maximum atomic E-state index is 13.7. The fourth-order valence-electron chi connectivity index (χ4n) is 2.24. The third kappa shape index (κ3) is 2.69. The minimum absolute atomic E-state index is 0.236. The van der Waals surface area contributed by atoms with Gasteiger partial charge in [0.25, 0.3) is 5.89 Å². The molecule has 19 heavy (non-hydrogen) atoms. The van der Waals surface area contributed by atoms with E-state index in [1.54, 1.807) is 12.1 Å². The van der Waals surface area contributed by atoms with Crippen LogP contribution in [0, 0.1) is 5.82 Å². The molecular weight excluding hydrogens is 313 g/mol. The lowest BCUT2D eigenvalue weighted by Crippen LogP contribution is -2.28. The standard InChI is InChI=1S/C13H13BrFN3O/c14-9-3-4-11(15)10(6-9)13-17-12(18-19-13)8-2-1-5-16-7-8/h3-4,6,8,16H,1-2,5,7H2. The van der Waals surface area contributed by atoms with Crippen molar-refractivity contribution in [1.29, 1.82) is 0 Å². The number of aromatic nitrogens is 2. The fourth-order valence-corrected chi connectivity index (χ4v) is 2.60. The summed E-state index contributed by atoms with van der Waals surface area (Å²) in [5.74, 6) is 0.780. The first-order chi connectivity index (χ1) is 9.24. The van der Waals surface area contributed by atoms with Crippen LogP contribution >= 0.6 is 15.9 Å². The number of halogens is 2. The molecule has 1 aliphatic heterocycles. The van der Waals surface area contributed by atoms with Gasteiger partial charge in [0.1, 0.15) is 5.82 Å². The lowest BCUT2D eigenvalue weighted by Gasteiger charge is -2.19. The van der Waals surface area contributed by atoms with E-state index in [9.17, 15) is 4.39 Å². The summed E-state index contributed by atoms with van der Waals surface area (Å²) in [4.78, 5) is 4.33.